The molecule has 3 aliphatic heterocycles. The standard InChI is InChI=1S/C23H30N6O3/c1-2-18-20-22(29(27-18)17-5-3-4-6-17)25-21(26-23(20)30)16-7-8-24-19(15-16)32-14-11-28-9-12-31-13-10-28/h7-8,15,17,27H,2-6,9-14H2,1H3. The highest BCUT2D eigenvalue weighted by molar-refractivity contribution is 5.65. The molecule has 0 amide bonds. The van der Waals surface area contributed by atoms with Crippen molar-refractivity contribution in [2.45, 2.75) is 45.1 Å². The van der Waals surface area contributed by atoms with Crippen LogP contribution < -0.4 is 10.3 Å². The number of fused-ring (bicyclic) bond motifs is 1. The molecule has 2 fully saturated rings. The van der Waals surface area contributed by atoms with Crippen LogP contribution in [0.25, 0.3) is 22.8 Å². The molecule has 1 aromatic heterocycles. The Labute approximate surface area is 187 Å². The van der Waals surface area contributed by atoms with Crippen LogP contribution in [0.1, 0.15) is 44.3 Å². The van der Waals surface area contributed by atoms with Gasteiger partial charge < -0.3 is 9.47 Å². The normalized spacial score (nSPS) is 17.9. The molecule has 9 heteroatoms. The zero-order chi connectivity index (χ0) is 21.9. The summed E-state index contributed by atoms with van der Waals surface area (Å²) in [5.41, 5.74) is 2.02. The van der Waals surface area contributed by atoms with Crippen LogP contribution >= 0.6 is 0 Å². The third-order valence-corrected chi connectivity index (χ3v) is 6.44. The van der Waals surface area contributed by atoms with Crippen LogP contribution in [-0.4, -0.2) is 69.1 Å². The average molecular weight is 439 g/mol. The molecule has 5 rings (SSSR count). The minimum atomic E-state index is -0.235. The van der Waals surface area contributed by atoms with E-state index in [1.165, 1.54) is 12.8 Å². The Morgan fingerprint density at radius 1 is 1.22 bits per heavy atom. The first-order valence-corrected chi connectivity index (χ1v) is 11.6. The quantitative estimate of drug-likeness (QED) is 0.605. The maximum absolute atomic E-state index is 13.0. The predicted octanol–water partition coefficient (Wildman–Crippen LogP) is 2.52. The minimum Gasteiger partial charge on any atom is -0.476 e. The summed E-state index contributed by atoms with van der Waals surface area (Å²) in [6, 6.07) is 3.99. The molecule has 1 saturated carbocycles. The third kappa shape index (κ3) is 4.27. The van der Waals surface area contributed by atoms with E-state index in [1.807, 2.05) is 19.1 Å². The van der Waals surface area contributed by atoms with E-state index in [1.54, 1.807) is 6.20 Å². The van der Waals surface area contributed by atoms with E-state index in [0.29, 0.717) is 35.7 Å². The summed E-state index contributed by atoms with van der Waals surface area (Å²) in [5.74, 6) is 1.63. The van der Waals surface area contributed by atoms with Crippen LogP contribution in [-0.2, 0) is 11.2 Å². The Hall–Kier alpha value is -2.78. The van der Waals surface area contributed by atoms with Crippen molar-refractivity contribution in [1.82, 2.24) is 29.6 Å². The highest BCUT2D eigenvalue weighted by Crippen LogP contribution is 2.34. The van der Waals surface area contributed by atoms with Gasteiger partial charge in [-0.15, -0.1) is 0 Å². The zero-order valence-corrected chi connectivity index (χ0v) is 18.5. The fraction of sp³-hybridized carbons (Fsp3) is 0.565. The van der Waals surface area contributed by atoms with Gasteiger partial charge in [-0.05, 0) is 25.3 Å². The molecule has 0 radical (unpaired) electrons. The molecule has 0 spiro atoms. The number of hydrogen-bond donors (Lipinski definition) is 1. The van der Waals surface area contributed by atoms with Crippen molar-refractivity contribution in [3.63, 3.8) is 0 Å². The molecule has 9 nitrogen and oxygen atoms in total. The average Bonchev–Trinajstić information content (AvgIpc) is 3.48. The number of aromatic amines is 1. The highest BCUT2D eigenvalue weighted by Gasteiger charge is 2.27. The Morgan fingerprint density at radius 3 is 2.81 bits per heavy atom. The van der Waals surface area contributed by atoms with Crippen molar-refractivity contribution in [3.05, 3.63) is 34.4 Å². The summed E-state index contributed by atoms with van der Waals surface area (Å²) in [5, 5.41) is 3.43. The third-order valence-electron chi connectivity index (χ3n) is 6.44. The molecule has 170 valence electrons. The lowest BCUT2D eigenvalue weighted by molar-refractivity contribution is 0.0320. The summed E-state index contributed by atoms with van der Waals surface area (Å²) in [6.07, 6.45) is 7.04. The highest BCUT2D eigenvalue weighted by atomic mass is 16.5. The number of pyridine rings is 1. The molecule has 1 N–H and O–H groups in total. The van der Waals surface area contributed by atoms with Crippen molar-refractivity contribution < 1.29 is 9.47 Å². The summed E-state index contributed by atoms with van der Waals surface area (Å²) in [7, 11) is 0. The number of aromatic nitrogens is 5. The van der Waals surface area contributed by atoms with E-state index < -0.39 is 0 Å². The molecule has 4 heterocycles. The number of hydrogen-bond acceptors (Lipinski definition) is 7. The van der Waals surface area contributed by atoms with Gasteiger partial charge in [-0.25, -0.2) is 9.97 Å². The Balaban J connectivity index is 1.40. The number of rotatable bonds is 7. The van der Waals surface area contributed by atoms with Crippen LogP contribution in [0.5, 0.6) is 5.88 Å². The SMILES string of the molecule is CCc1[nH]n(C2CCCC2)c2nc(-c3ccnc(OCCN4CCOCC4)c3)nc(=O)c1-2. The van der Waals surface area contributed by atoms with E-state index in [2.05, 4.69) is 24.6 Å². The van der Waals surface area contributed by atoms with E-state index in [0.717, 1.165) is 63.4 Å². The number of morpholine rings is 1. The van der Waals surface area contributed by atoms with Gasteiger partial charge in [-0.3, -0.25) is 19.5 Å². The fourth-order valence-corrected chi connectivity index (χ4v) is 4.66. The number of nitrogens with one attached hydrogen (secondary N) is 1. The minimum absolute atomic E-state index is 0.235. The summed E-state index contributed by atoms with van der Waals surface area (Å²) in [6.45, 7) is 6.80. The summed E-state index contributed by atoms with van der Waals surface area (Å²) >= 11 is 0. The molecule has 0 aromatic carbocycles. The van der Waals surface area contributed by atoms with Gasteiger partial charge in [0.15, 0.2) is 11.6 Å². The molecule has 0 atom stereocenters. The Bertz CT molecular complexity index is 1080. The maximum Gasteiger partial charge on any atom is 0.284 e. The van der Waals surface area contributed by atoms with E-state index in [9.17, 15) is 4.79 Å². The van der Waals surface area contributed by atoms with Crippen LogP contribution in [0.2, 0.25) is 0 Å². The van der Waals surface area contributed by atoms with Gasteiger partial charge in [0.25, 0.3) is 5.56 Å². The van der Waals surface area contributed by atoms with Crippen molar-refractivity contribution >= 4 is 0 Å². The lowest BCUT2D eigenvalue weighted by Crippen LogP contribution is -2.38. The largest absolute Gasteiger partial charge is 0.476 e. The van der Waals surface area contributed by atoms with E-state index in [4.69, 9.17) is 14.5 Å². The molecule has 0 unspecified atom stereocenters. The Morgan fingerprint density at radius 2 is 2.03 bits per heavy atom. The zero-order valence-electron chi connectivity index (χ0n) is 18.5. The molecular formula is C23H30N6O3. The number of aryl methyl sites for hydroxylation is 1. The van der Waals surface area contributed by atoms with Crippen molar-refractivity contribution in [3.8, 4) is 28.7 Å². The first-order valence-electron chi connectivity index (χ1n) is 11.6. The molecule has 32 heavy (non-hydrogen) atoms. The van der Waals surface area contributed by atoms with Crippen LogP contribution in [0.4, 0.5) is 0 Å². The maximum atomic E-state index is 13.0. The second kappa shape index (κ2) is 9.38. The van der Waals surface area contributed by atoms with E-state index in [-0.39, 0.29) is 5.56 Å². The second-order valence-corrected chi connectivity index (χ2v) is 8.49. The number of ether oxygens (including phenoxy) is 2. The fourth-order valence-electron chi connectivity index (χ4n) is 4.66. The van der Waals surface area contributed by atoms with Gasteiger partial charge in [-0.2, -0.15) is 4.98 Å². The smallest absolute Gasteiger partial charge is 0.284 e. The lowest BCUT2D eigenvalue weighted by atomic mass is 10.1. The van der Waals surface area contributed by atoms with Gasteiger partial charge in [0.2, 0.25) is 5.88 Å². The second-order valence-electron chi connectivity index (χ2n) is 8.49. The summed E-state index contributed by atoms with van der Waals surface area (Å²) < 4.78 is 13.3. The Kier molecular flexibility index (Phi) is 6.18. The molecular weight excluding hydrogens is 408 g/mol. The topological polar surface area (TPSA) is 98.2 Å². The van der Waals surface area contributed by atoms with Gasteiger partial charge in [0.05, 0.1) is 19.3 Å². The molecule has 1 aromatic rings. The van der Waals surface area contributed by atoms with Gasteiger partial charge in [-0.1, -0.05) is 19.8 Å². The summed E-state index contributed by atoms with van der Waals surface area (Å²) in [4.78, 5) is 28.7. The lowest BCUT2D eigenvalue weighted by Gasteiger charge is -2.26. The van der Waals surface area contributed by atoms with Crippen molar-refractivity contribution in [2.24, 2.45) is 0 Å². The van der Waals surface area contributed by atoms with Gasteiger partial charge >= 0.3 is 0 Å². The monoisotopic (exact) mass is 438 g/mol. The molecule has 0 bridgehead atoms. The van der Waals surface area contributed by atoms with Crippen molar-refractivity contribution in [2.75, 3.05) is 39.5 Å². The van der Waals surface area contributed by atoms with Gasteiger partial charge in [0, 0.05) is 43.2 Å². The van der Waals surface area contributed by atoms with E-state index >= 15 is 0 Å². The first-order chi connectivity index (χ1) is 15.7. The number of nitrogens with zero attached hydrogens (tertiary/aromatic N) is 5. The molecule has 1 saturated heterocycles. The molecule has 1 aliphatic carbocycles. The predicted molar refractivity (Wildman–Crippen MR) is 120 cm³/mol. The van der Waals surface area contributed by atoms with Crippen LogP contribution in [0.15, 0.2) is 23.1 Å². The van der Waals surface area contributed by atoms with Gasteiger partial charge in [0.1, 0.15) is 12.2 Å². The number of H-pyrrole nitrogens is 1. The van der Waals surface area contributed by atoms with Crippen LogP contribution in [0.3, 0.4) is 0 Å². The first kappa shape index (κ1) is 21.1. The van der Waals surface area contributed by atoms with Crippen molar-refractivity contribution in [1.29, 1.82) is 0 Å². The molecule has 4 aliphatic rings. The van der Waals surface area contributed by atoms with Crippen LogP contribution in [0, 0.1) is 0 Å².